The van der Waals surface area contributed by atoms with Gasteiger partial charge in [-0.3, -0.25) is 9.78 Å². The summed E-state index contributed by atoms with van der Waals surface area (Å²) in [5, 5.41) is 3.98. The first-order chi connectivity index (χ1) is 11.8. The minimum Gasteiger partial charge on any atom is -0.342 e. The average Bonchev–Trinajstić information content (AvgIpc) is 3.09. The standard InChI is InChI=1S/C17H23N5O2/c1-2-3-6-16(23)22-9-4-5-13(12-22)10-15-20-17(21-24-15)14-11-18-7-8-19-14/h7-8,11,13H,2-6,9-10,12H2,1H3. The van der Waals surface area contributed by atoms with Crippen molar-refractivity contribution in [1.29, 1.82) is 0 Å². The number of aromatic nitrogens is 4. The SMILES string of the molecule is CCCCC(=O)N1CCCC(Cc2nc(-c3cnccn3)no2)C1. The van der Waals surface area contributed by atoms with Gasteiger partial charge in [0.05, 0.1) is 6.20 Å². The maximum absolute atomic E-state index is 12.2. The van der Waals surface area contributed by atoms with E-state index in [-0.39, 0.29) is 5.91 Å². The highest BCUT2D eigenvalue weighted by atomic mass is 16.5. The summed E-state index contributed by atoms with van der Waals surface area (Å²) in [6, 6.07) is 0. The van der Waals surface area contributed by atoms with Crippen LogP contribution in [0.5, 0.6) is 0 Å². The third kappa shape index (κ3) is 4.15. The molecule has 1 fully saturated rings. The van der Waals surface area contributed by atoms with E-state index < -0.39 is 0 Å². The topological polar surface area (TPSA) is 85.0 Å². The van der Waals surface area contributed by atoms with Gasteiger partial charge in [0, 0.05) is 38.3 Å². The van der Waals surface area contributed by atoms with Gasteiger partial charge in [-0.05, 0) is 25.2 Å². The smallest absolute Gasteiger partial charge is 0.227 e. The molecule has 1 aliphatic rings. The van der Waals surface area contributed by atoms with Gasteiger partial charge in [0.15, 0.2) is 0 Å². The van der Waals surface area contributed by atoms with Crippen molar-refractivity contribution in [3.8, 4) is 11.5 Å². The highest BCUT2D eigenvalue weighted by Crippen LogP contribution is 2.22. The van der Waals surface area contributed by atoms with Gasteiger partial charge in [0.2, 0.25) is 17.6 Å². The Hall–Kier alpha value is -2.31. The Morgan fingerprint density at radius 3 is 3.12 bits per heavy atom. The molecular formula is C17H23N5O2. The van der Waals surface area contributed by atoms with Crippen LogP contribution in [0.3, 0.4) is 0 Å². The zero-order valence-electron chi connectivity index (χ0n) is 14.0. The van der Waals surface area contributed by atoms with Crippen molar-refractivity contribution in [3.05, 3.63) is 24.5 Å². The Morgan fingerprint density at radius 2 is 2.33 bits per heavy atom. The first-order valence-corrected chi connectivity index (χ1v) is 8.63. The van der Waals surface area contributed by atoms with E-state index in [1.54, 1.807) is 18.6 Å². The van der Waals surface area contributed by atoms with Gasteiger partial charge in [-0.25, -0.2) is 4.98 Å². The lowest BCUT2D eigenvalue weighted by molar-refractivity contribution is -0.133. The Balaban J connectivity index is 1.58. The number of likely N-dealkylation sites (tertiary alicyclic amines) is 1. The van der Waals surface area contributed by atoms with Gasteiger partial charge in [0.1, 0.15) is 5.69 Å². The van der Waals surface area contributed by atoms with Gasteiger partial charge < -0.3 is 9.42 Å². The Morgan fingerprint density at radius 1 is 1.42 bits per heavy atom. The predicted molar refractivity (Wildman–Crippen MR) is 87.9 cm³/mol. The molecule has 0 spiro atoms. The second-order valence-corrected chi connectivity index (χ2v) is 6.26. The second kappa shape index (κ2) is 7.99. The van der Waals surface area contributed by atoms with Gasteiger partial charge in [-0.2, -0.15) is 4.98 Å². The number of carbonyl (C=O) groups is 1. The van der Waals surface area contributed by atoms with Crippen molar-refractivity contribution >= 4 is 5.91 Å². The fourth-order valence-electron chi connectivity index (χ4n) is 3.05. The summed E-state index contributed by atoms with van der Waals surface area (Å²) in [7, 11) is 0. The zero-order chi connectivity index (χ0) is 16.8. The van der Waals surface area contributed by atoms with Gasteiger partial charge in [0.25, 0.3) is 0 Å². The summed E-state index contributed by atoms with van der Waals surface area (Å²) in [4.78, 5) is 26.8. The maximum atomic E-state index is 12.2. The van der Waals surface area contributed by atoms with Crippen molar-refractivity contribution in [3.63, 3.8) is 0 Å². The summed E-state index contributed by atoms with van der Waals surface area (Å²) in [6.45, 7) is 3.76. The summed E-state index contributed by atoms with van der Waals surface area (Å²) < 4.78 is 5.35. The lowest BCUT2D eigenvalue weighted by Gasteiger charge is -2.32. The fourth-order valence-corrected chi connectivity index (χ4v) is 3.05. The van der Waals surface area contributed by atoms with Crippen LogP contribution in [-0.2, 0) is 11.2 Å². The van der Waals surface area contributed by atoms with Crippen LogP contribution < -0.4 is 0 Å². The molecule has 0 aromatic carbocycles. The Labute approximate surface area is 141 Å². The molecule has 3 heterocycles. The van der Waals surface area contributed by atoms with Gasteiger partial charge in [-0.15, -0.1) is 0 Å². The lowest BCUT2D eigenvalue weighted by atomic mass is 9.94. The molecule has 0 bridgehead atoms. The fraction of sp³-hybridized carbons (Fsp3) is 0.588. The van der Waals surface area contributed by atoms with Gasteiger partial charge in [-0.1, -0.05) is 18.5 Å². The third-order valence-electron chi connectivity index (χ3n) is 4.34. The van der Waals surface area contributed by atoms with Crippen LogP contribution in [0.15, 0.2) is 23.1 Å². The minimum atomic E-state index is 0.271. The second-order valence-electron chi connectivity index (χ2n) is 6.26. The molecule has 0 aliphatic carbocycles. The number of nitrogens with zero attached hydrogens (tertiary/aromatic N) is 5. The Kier molecular flexibility index (Phi) is 5.51. The van der Waals surface area contributed by atoms with Crippen molar-refractivity contribution in [2.75, 3.05) is 13.1 Å². The monoisotopic (exact) mass is 329 g/mol. The van der Waals surface area contributed by atoms with Gasteiger partial charge >= 0.3 is 0 Å². The molecule has 1 aliphatic heterocycles. The van der Waals surface area contributed by atoms with Crippen molar-refractivity contribution in [2.45, 2.75) is 45.4 Å². The normalized spacial score (nSPS) is 17.9. The first kappa shape index (κ1) is 16.5. The van der Waals surface area contributed by atoms with Crippen LogP contribution in [0.4, 0.5) is 0 Å². The molecule has 7 heteroatoms. The molecule has 1 atom stereocenters. The van der Waals surface area contributed by atoms with E-state index in [0.717, 1.165) is 38.8 Å². The van der Waals surface area contributed by atoms with E-state index in [9.17, 15) is 4.79 Å². The van der Waals surface area contributed by atoms with Crippen molar-refractivity contribution in [1.82, 2.24) is 25.0 Å². The van der Waals surface area contributed by atoms with E-state index in [2.05, 4.69) is 27.0 Å². The molecular weight excluding hydrogens is 306 g/mol. The summed E-state index contributed by atoms with van der Waals surface area (Å²) in [5.41, 5.74) is 0.604. The molecule has 7 nitrogen and oxygen atoms in total. The number of amides is 1. The van der Waals surface area contributed by atoms with Crippen molar-refractivity contribution < 1.29 is 9.32 Å². The molecule has 0 radical (unpaired) electrons. The lowest BCUT2D eigenvalue weighted by Crippen LogP contribution is -2.40. The number of rotatable bonds is 6. The number of unbranched alkanes of at least 4 members (excludes halogenated alkanes) is 1. The quantitative estimate of drug-likeness (QED) is 0.809. The highest BCUT2D eigenvalue weighted by molar-refractivity contribution is 5.76. The first-order valence-electron chi connectivity index (χ1n) is 8.63. The zero-order valence-corrected chi connectivity index (χ0v) is 14.0. The highest BCUT2D eigenvalue weighted by Gasteiger charge is 2.25. The number of hydrogen-bond donors (Lipinski definition) is 0. The molecule has 3 rings (SSSR count). The van der Waals surface area contributed by atoms with Crippen LogP contribution in [0.2, 0.25) is 0 Å². The third-order valence-corrected chi connectivity index (χ3v) is 4.34. The van der Waals surface area contributed by atoms with Crippen LogP contribution >= 0.6 is 0 Å². The van der Waals surface area contributed by atoms with E-state index in [4.69, 9.17) is 4.52 Å². The molecule has 0 N–H and O–H groups in total. The number of carbonyl (C=O) groups excluding carboxylic acids is 1. The Bertz CT molecular complexity index is 658. The molecule has 2 aromatic heterocycles. The maximum Gasteiger partial charge on any atom is 0.227 e. The summed E-state index contributed by atoms with van der Waals surface area (Å²) in [6.07, 6.45) is 10.3. The van der Waals surface area contributed by atoms with Crippen molar-refractivity contribution in [2.24, 2.45) is 5.92 Å². The van der Waals surface area contributed by atoms with Crippen LogP contribution in [0.25, 0.3) is 11.5 Å². The van der Waals surface area contributed by atoms with E-state index in [0.29, 0.717) is 36.2 Å². The molecule has 1 saturated heterocycles. The predicted octanol–water partition coefficient (Wildman–Crippen LogP) is 2.50. The molecule has 1 amide bonds. The number of hydrogen-bond acceptors (Lipinski definition) is 6. The average molecular weight is 329 g/mol. The van der Waals surface area contributed by atoms with E-state index >= 15 is 0 Å². The van der Waals surface area contributed by atoms with Crippen LogP contribution in [0, 0.1) is 5.92 Å². The molecule has 0 saturated carbocycles. The summed E-state index contributed by atoms with van der Waals surface area (Å²) in [5.74, 6) is 1.71. The van der Waals surface area contributed by atoms with E-state index in [1.807, 2.05) is 4.90 Å². The molecule has 1 unspecified atom stereocenters. The molecule has 2 aromatic rings. The largest absolute Gasteiger partial charge is 0.342 e. The molecule has 128 valence electrons. The minimum absolute atomic E-state index is 0.271. The van der Waals surface area contributed by atoms with Crippen LogP contribution in [-0.4, -0.2) is 44.0 Å². The number of piperidine rings is 1. The van der Waals surface area contributed by atoms with Crippen LogP contribution in [0.1, 0.15) is 44.9 Å². The molecule has 24 heavy (non-hydrogen) atoms. The van der Waals surface area contributed by atoms with E-state index in [1.165, 1.54) is 0 Å². The summed E-state index contributed by atoms with van der Waals surface area (Å²) >= 11 is 0.